The van der Waals surface area contributed by atoms with Gasteiger partial charge in [0.15, 0.2) is 0 Å². The Labute approximate surface area is 182 Å². The molecular weight excluding hydrogens is 372 g/mol. The van der Waals surface area contributed by atoms with Crippen LogP contribution in [0.15, 0.2) is 36.4 Å². The van der Waals surface area contributed by atoms with Crippen LogP contribution in [0.5, 0.6) is 11.5 Å². The minimum atomic E-state index is -0.359. The predicted octanol–water partition coefficient (Wildman–Crippen LogP) is 7.33. The second-order valence-corrected chi connectivity index (χ2v) is 10.2. The molecule has 0 fully saturated rings. The third-order valence-corrected chi connectivity index (χ3v) is 5.42. The maximum atomic E-state index is 13.3. The fraction of sp³-hybridized carbons (Fsp3) is 0.519. The van der Waals surface area contributed by atoms with Gasteiger partial charge in [-0.15, -0.1) is 0 Å². The number of para-hydroxylation sites is 1. The molecule has 3 heteroatoms. The Balaban J connectivity index is 2.64. The highest BCUT2D eigenvalue weighted by molar-refractivity contribution is 5.94. The number of benzene rings is 2. The number of ether oxygens (including phenoxy) is 1. The average Bonchev–Trinajstić information content (AvgIpc) is 2.63. The standard InChI is InChI=1S/C27H38O3/c1-8-9-10-14-17-20-21(25(29)30-19-15-12-11-13-16-19)18-22(26(2,3)4)24(28)23(20)27(5,6)7/h11-13,15-16,18,28H,8-10,14,17H2,1-7H3. The van der Waals surface area contributed by atoms with E-state index in [1.807, 2.05) is 24.3 Å². The highest BCUT2D eigenvalue weighted by Gasteiger charge is 2.32. The largest absolute Gasteiger partial charge is 0.507 e. The van der Waals surface area contributed by atoms with Gasteiger partial charge in [0.2, 0.25) is 0 Å². The fourth-order valence-electron chi connectivity index (χ4n) is 3.91. The lowest BCUT2D eigenvalue weighted by atomic mass is 9.74. The summed E-state index contributed by atoms with van der Waals surface area (Å²) in [7, 11) is 0. The molecular formula is C27H38O3. The first-order valence-corrected chi connectivity index (χ1v) is 11.1. The molecule has 0 saturated carbocycles. The normalized spacial score (nSPS) is 12.1. The van der Waals surface area contributed by atoms with Gasteiger partial charge >= 0.3 is 5.97 Å². The zero-order valence-corrected chi connectivity index (χ0v) is 19.8. The molecule has 1 N–H and O–H groups in total. The van der Waals surface area contributed by atoms with Crippen LogP contribution in [0.25, 0.3) is 0 Å². The van der Waals surface area contributed by atoms with Crippen molar-refractivity contribution in [3.05, 3.63) is 58.7 Å². The van der Waals surface area contributed by atoms with Gasteiger partial charge in [0, 0.05) is 11.1 Å². The van der Waals surface area contributed by atoms with E-state index in [4.69, 9.17) is 4.74 Å². The van der Waals surface area contributed by atoms with Crippen LogP contribution < -0.4 is 4.74 Å². The summed E-state index contributed by atoms with van der Waals surface area (Å²) >= 11 is 0. The summed E-state index contributed by atoms with van der Waals surface area (Å²) < 4.78 is 5.72. The van der Waals surface area contributed by atoms with Crippen molar-refractivity contribution in [2.75, 3.05) is 0 Å². The zero-order valence-electron chi connectivity index (χ0n) is 19.8. The smallest absolute Gasteiger partial charge is 0.343 e. The average molecular weight is 411 g/mol. The lowest BCUT2D eigenvalue weighted by Crippen LogP contribution is -2.23. The van der Waals surface area contributed by atoms with Gasteiger partial charge in [-0.25, -0.2) is 4.79 Å². The van der Waals surface area contributed by atoms with E-state index in [1.54, 1.807) is 12.1 Å². The maximum absolute atomic E-state index is 13.3. The second kappa shape index (κ2) is 9.68. The van der Waals surface area contributed by atoms with Gasteiger partial charge < -0.3 is 9.84 Å². The van der Waals surface area contributed by atoms with E-state index >= 15 is 0 Å². The molecule has 0 unspecified atom stereocenters. The molecule has 0 aromatic heterocycles. The van der Waals surface area contributed by atoms with Crippen LogP contribution >= 0.6 is 0 Å². The number of carbonyl (C=O) groups excluding carboxylic acids is 1. The third-order valence-electron chi connectivity index (χ3n) is 5.42. The first-order valence-electron chi connectivity index (χ1n) is 11.1. The highest BCUT2D eigenvalue weighted by atomic mass is 16.5. The Morgan fingerprint density at radius 3 is 2.10 bits per heavy atom. The van der Waals surface area contributed by atoms with Crippen molar-refractivity contribution in [3.63, 3.8) is 0 Å². The maximum Gasteiger partial charge on any atom is 0.343 e. The quantitative estimate of drug-likeness (QED) is 0.295. The summed E-state index contributed by atoms with van der Waals surface area (Å²) in [6.45, 7) is 14.6. The number of rotatable bonds is 7. The molecule has 30 heavy (non-hydrogen) atoms. The molecule has 2 aromatic carbocycles. The van der Waals surface area contributed by atoms with Gasteiger partial charge in [-0.05, 0) is 47.4 Å². The van der Waals surface area contributed by atoms with Crippen molar-refractivity contribution >= 4 is 5.97 Å². The van der Waals surface area contributed by atoms with Crippen molar-refractivity contribution in [2.45, 2.75) is 91.4 Å². The van der Waals surface area contributed by atoms with E-state index in [9.17, 15) is 9.90 Å². The molecule has 2 rings (SSSR count). The first-order chi connectivity index (χ1) is 14.0. The molecule has 0 aliphatic rings. The molecule has 0 heterocycles. The van der Waals surface area contributed by atoms with E-state index in [2.05, 4.69) is 48.5 Å². The van der Waals surface area contributed by atoms with E-state index in [0.717, 1.165) is 42.4 Å². The molecule has 2 aromatic rings. The number of hydrogen-bond donors (Lipinski definition) is 1. The van der Waals surface area contributed by atoms with Gasteiger partial charge in [0.05, 0.1) is 5.56 Å². The lowest BCUT2D eigenvalue weighted by Gasteiger charge is -2.31. The van der Waals surface area contributed by atoms with Crippen LogP contribution in [-0.4, -0.2) is 11.1 Å². The van der Waals surface area contributed by atoms with E-state index in [0.29, 0.717) is 17.1 Å². The van der Waals surface area contributed by atoms with E-state index < -0.39 is 0 Å². The van der Waals surface area contributed by atoms with Gasteiger partial charge in [-0.3, -0.25) is 0 Å². The molecule has 0 aliphatic heterocycles. The molecule has 0 spiro atoms. The molecule has 0 atom stereocenters. The van der Waals surface area contributed by atoms with Crippen LogP contribution in [0.1, 0.15) is 101 Å². The van der Waals surface area contributed by atoms with Crippen LogP contribution in [-0.2, 0) is 17.3 Å². The number of phenols is 1. The van der Waals surface area contributed by atoms with Gasteiger partial charge in [0.25, 0.3) is 0 Å². The van der Waals surface area contributed by atoms with Crippen LogP contribution in [0.4, 0.5) is 0 Å². The molecule has 0 saturated heterocycles. The Hall–Kier alpha value is -2.29. The Kier molecular flexibility index (Phi) is 7.74. The minimum absolute atomic E-state index is 0.298. The fourth-order valence-corrected chi connectivity index (χ4v) is 3.91. The molecule has 0 bridgehead atoms. The highest BCUT2D eigenvalue weighted by Crippen LogP contribution is 2.43. The summed E-state index contributed by atoms with van der Waals surface area (Å²) in [5, 5.41) is 11.3. The first kappa shape index (κ1) is 24.0. The Bertz CT molecular complexity index is 852. The van der Waals surface area contributed by atoms with Crippen molar-refractivity contribution in [3.8, 4) is 11.5 Å². The third kappa shape index (κ3) is 5.87. The monoisotopic (exact) mass is 410 g/mol. The summed E-state index contributed by atoms with van der Waals surface area (Å²) in [6.07, 6.45) is 5.17. The summed E-state index contributed by atoms with van der Waals surface area (Å²) in [4.78, 5) is 13.3. The second-order valence-electron chi connectivity index (χ2n) is 10.2. The van der Waals surface area contributed by atoms with Crippen molar-refractivity contribution in [2.24, 2.45) is 0 Å². The number of esters is 1. The Morgan fingerprint density at radius 1 is 0.933 bits per heavy atom. The molecule has 0 aliphatic carbocycles. The molecule has 164 valence electrons. The topological polar surface area (TPSA) is 46.5 Å². The summed E-state index contributed by atoms with van der Waals surface area (Å²) in [6, 6.07) is 11.0. The van der Waals surface area contributed by atoms with Crippen LogP contribution in [0, 0.1) is 0 Å². The SMILES string of the molecule is CCCCCCc1c(C(=O)Oc2ccccc2)cc(C(C)(C)C)c(O)c1C(C)(C)C. The zero-order chi connectivity index (χ0) is 22.5. The summed E-state index contributed by atoms with van der Waals surface area (Å²) in [5.74, 6) is 0.488. The molecule has 3 nitrogen and oxygen atoms in total. The molecule has 0 radical (unpaired) electrons. The lowest BCUT2D eigenvalue weighted by molar-refractivity contribution is 0.0733. The van der Waals surface area contributed by atoms with Crippen LogP contribution in [0.2, 0.25) is 0 Å². The van der Waals surface area contributed by atoms with Crippen molar-refractivity contribution in [1.29, 1.82) is 0 Å². The molecule has 0 amide bonds. The van der Waals surface area contributed by atoms with Gasteiger partial charge in [-0.2, -0.15) is 0 Å². The Morgan fingerprint density at radius 2 is 1.57 bits per heavy atom. The predicted molar refractivity (Wildman–Crippen MR) is 125 cm³/mol. The van der Waals surface area contributed by atoms with E-state index in [-0.39, 0.29) is 16.8 Å². The van der Waals surface area contributed by atoms with Crippen molar-refractivity contribution in [1.82, 2.24) is 0 Å². The van der Waals surface area contributed by atoms with Gasteiger partial charge in [0.1, 0.15) is 11.5 Å². The number of unbranched alkanes of at least 4 members (excludes halogenated alkanes) is 3. The van der Waals surface area contributed by atoms with Crippen molar-refractivity contribution < 1.29 is 14.6 Å². The number of carbonyl (C=O) groups is 1. The van der Waals surface area contributed by atoms with Gasteiger partial charge in [-0.1, -0.05) is 85.9 Å². The number of hydrogen-bond acceptors (Lipinski definition) is 3. The van der Waals surface area contributed by atoms with E-state index in [1.165, 1.54) is 6.42 Å². The summed E-state index contributed by atoms with van der Waals surface area (Å²) in [5.41, 5.74) is 2.55. The number of aromatic hydroxyl groups is 1. The minimum Gasteiger partial charge on any atom is -0.507 e. The number of phenolic OH excluding ortho intramolecular Hbond substituents is 1. The van der Waals surface area contributed by atoms with Crippen LogP contribution in [0.3, 0.4) is 0 Å².